The van der Waals surface area contributed by atoms with Crippen molar-refractivity contribution >= 4 is 40.5 Å². The number of aryl methyl sites for hydroxylation is 2. The molecule has 3 rings (SSSR count). The van der Waals surface area contributed by atoms with Crippen molar-refractivity contribution in [2.24, 2.45) is 14.1 Å². The second kappa shape index (κ2) is 5.57. The Morgan fingerprint density at radius 1 is 1.18 bits per heavy atom. The van der Waals surface area contributed by atoms with E-state index in [0.717, 1.165) is 5.52 Å². The molecule has 0 aromatic carbocycles. The summed E-state index contributed by atoms with van der Waals surface area (Å²) in [5, 5.41) is 12.7. The van der Waals surface area contributed by atoms with Gasteiger partial charge in [0.2, 0.25) is 6.33 Å². The predicted molar refractivity (Wildman–Crippen MR) is 82.1 cm³/mol. The van der Waals surface area contributed by atoms with Crippen LogP contribution in [0.3, 0.4) is 0 Å². The van der Waals surface area contributed by atoms with Crippen LogP contribution in [-0.4, -0.2) is 40.2 Å². The monoisotopic (exact) mass is 337 g/mol. The van der Waals surface area contributed by atoms with Gasteiger partial charge in [-0.25, -0.2) is 15.0 Å². The third-order valence-electron chi connectivity index (χ3n) is 2.93. The zero-order valence-electron chi connectivity index (χ0n) is 11.9. The van der Waals surface area contributed by atoms with Crippen LogP contribution >= 0.6 is 23.5 Å². The van der Waals surface area contributed by atoms with Gasteiger partial charge in [-0.1, -0.05) is 11.8 Å². The maximum Gasteiger partial charge on any atom is 0.396 e. The smallest absolute Gasteiger partial charge is 0.358 e. The normalized spacial score (nSPS) is 11.2. The minimum atomic E-state index is -0.501. The first kappa shape index (κ1) is 14.8. The third kappa shape index (κ3) is 2.41. The van der Waals surface area contributed by atoms with Crippen molar-refractivity contribution < 1.29 is 4.92 Å². The molecule has 3 aromatic heterocycles. The van der Waals surface area contributed by atoms with Crippen molar-refractivity contribution in [2.45, 2.75) is 15.2 Å². The Balaban J connectivity index is 2.16. The minimum Gasteiger partial charge on any atom is -0.358 e. The molecular formula is C11H11N7O2S2. The summed E-state index contributed by atoms with van der Waals surface area (Å²) >= 11 is 2.58. The quantitative estimate of drug-likeness (QED) is 0.234. The number of rotatable bonds is 4. The number of aromatic nitrogens is 6. The minimum absolute atomic E-state index is 0.188. The van der Waals surface area contributed by atoms with Crippen LogP contribution in [0.15, 0.2) is 27.9 Å². The molecule has 0 aliphatic heterocycles. The van der Waals surface area contributed by atoms with E-state index in [0.29, 0.717) is 20.9 Å². The molecule has 0 spiro atoms. The summed E-state index contributed by atoms with van der Waals surface area (Å²) in [5.74, 6) is -0.188. The largest absolute Gasteiger partial charge is 0.396 e. The number of nitrogens with zero attached hydrogens (tertiary/aromatic N) is 7. The summed E-state index contributed by atoms with van der Waals surface area (Å²) in [6, 6.07) is 0. The number of nitro groups is 1. The van der Waals surface area contributed by atoms with Gasteiger partial charge in [0.25, 0.3) is 0 Å². The van der Waals surface area contributed by atoms with Crippen molar-refractivity contribution in [3.63, 3.8) is 0 Å². The molecule has 3 heterocycles. The lowest BCUT2D eigenvalue weighted by Gasteiger charge is -2.05. The van der Waals surface area contributed by atoms with E-state index in [1.165, 1.54) is 29.9 Å². The summed E-state index contributed by atoms with van der Waals surface area (Å²) in [5.41, 5.74) is 1.30. The van der Waals surface area contributed by atoms with Crippen LogP contribution in [0, 0.1) is 10.1 Å². The SMILES string of the molecule is CSc1nc(Sc2c([N+](=O)[O-])ncn2C)c2c(ncn2C)n1. The van der Waals surface area contributed by atoms with E-state index >= 15 is 0 Å². The Labute approximate surface area is 133 Å². The number of fused-ring (bicyclic) bond motifs is 1. The lowest BCUT2D eigenvalue weighted by molar-refractivity contribution is -0.392. The van der Waals surface area contributed by atoms with E-state index in [1.54, 1.807) is 22.5 Å². The van der Waals surface area contributed by atoms with E-state index in [4.69, 9.17) is 0 Å². The van der Waals surface area contributed by atoms with Gasteiger partial charge in [-0.15, -0.1) is 0 Å². The summed E-state index contributed by atoms with van der Waals surface area (Å²) < 4.78 is 3.40. The van der Waals surface area contributed by atoms with E-state index in [9.17, 15) is 10.1 Å². The molecule has 3 aromatic rings. The van der Waals surface area contributed by atoms with Crippen molar-refractivity contribution in [1.82, 2.24) is 29.1 Å². The Hall–Kier alpha value is -2.14. The Kier molecular flexibility index (Phi) is 3.74. The van der Waals surface area contributed by atoms with Gasteiger partial charge in [0.1, 0.15) is 10.5 Å². The van der Waals surface area contributed by atoms with Crippen LogP contribution in [0.4, 0.5) is 5.82 Å². The maximum atomic E-state index is 11.1. The second-order valence-corrected chi connectivity index (χ2v) is 6.14. The Morgan fingerprint density at radius 2 is 1.91 bits per heavy atom. The van der Waals surface area contributed by atoms with Gasteiger partial charge in [0, 0.05) is 14.1 Å². The van der Waals surface area contributed by atoms with Gasteiger partial charge in [-0.05, 0) is 27.9 Å². The van der Waals surface area contributed by atoms with Crippen LogP contribution in [0.1, 0.15) is 0 Å². The topological polar surface area (TPSA) is 105 Å². The average Bonchev–Trinajstić information content (AvgIpc) is 3.03. The van der Waals surface area contributed by atoms with E-state index in [2.05, 4.69) is 19.9 Å². The lowest BCUT2D eigenvalue weighted by atomic mass is 10.5. The van der Waals surface area contributed by atoms with Gasteiger partial charge in [0.05, 0.1) is 6.33 Å². The zero-order chi connectivity index (χ0) is 15.9. The number of imidazole rings is 2. The highest BCUT2D eigenvalue weighted by Crippen LogP contribution is 2.36. The standard InChI is InChI=1S/C11H11N7O2S2/c1-16-4-12-7-6(16)9(15-11(14-7)21-3)22-10-8(18(19)20)13-5-17(10)2/h4-5H,1-3H3. The number of hydrogen-bond acceptors (Lipinski definition) is 8. The Bertz CT molecular complexity index is 873. The van der Waals surface area contributed by atoms with Gasteiger partial charge in [-0.3, -0.25) is 0 Å². The molecular weight excluding hydrogens is 326 g/mol. The summed E-state index contributed by atoms with van der Waals surface area (Å²) in [7, 11) is 3.54. The lowest BCUT2D eigenvalue weighted by Crippen LogP contribution is -1.98. The van der Waals surface area contributed by atoms with Crippen LogP contribution in [0.2, 0.25) is 0 Å². The molecule has 0 aliphatic carbocycles. The fourth-order valence-corrected chi connectivity index (χ4v) is 3.38. The van der Waals surface area contributed by atoms with E-state index < -0.39 is 4.92 Å². The highest BCUT2D eigenvalue weighted by Gasteiger charge is 2.24. The zero-order valence-corrected chi connectivity index (χ0v) is 13.6. The maximum absolute atomic E-state index is 11.1. The molecule has 22 heavy (non-hydrogen) atoms. The summed E-state index contributed by atoms with van der Waals surface area (Å²) in [4.78, 5) is 27.4. The average molecular weight is 337 g/mol. The van der Waals surface area contributed by atoms with Gasteiger partial charge >= 0.3 is 5.82 Å². The third-order valence-corrected chi connectivity index (χ3v) is 4.62. The highest BCUT2D eigenvalue weighted by atomic mass is 32.2. The summed E-state index contributed by atoms with van der Waals surface area (Å²) in [6.07, 6.45) is 4.92. The molecule has 0 amide bonds. The molecule has 0 radical (unpaired) electrons. The van der Waals surface area contributed by atoms with Crippen molar-refractivity contribution in [3.8, 4) is 0 Å². The fourth-order valence-electron chi connectivity index (χ4n) is 1.91. The van der Waals surface area contributed by atoms with Crippen LogP contribution in [0.25, 0.3) is 11.2 Å². The summed E-state index contributed by atoms with van der Waals surface area (Å²) in [6.45, 7) is 0. The molecule has 0 saturated carbocycles. The molecule has 114 valence electrons. The van der Waals surface area contributed by atoms with Crippen molar-refractivity contribution in [3.05, 3.63) is 22.8 Å². The molecule has 11 heteroatoms. The van der Waals surface area contributed by atoms with Crippen molar-refractivity contribution in [1.29, 1.82) is 0 Å². The predicted octanol–water partition coefficient (Wildman–Crippen LogP) is 1.88. The molecule has 0 atom stereocenters. The molecule has 0 aliphatic rings. The second-order valence-electron chi connectivity index (χ2n) is 4.39. The molecule has 0 fully saturated rings. The van der Waals surface area contributed by atoms with E-state index in [1.807, 2.05) is 13.3 Å². The number of hydrogen-bond donors (Lipinski definition) is 0. The van der Waals surface area contributed by atoms with Gasteiger partial charge in [-0.2, -0.15) is 0 Å². The van der Waals surface area contributed by atoms with Crippen LogP contribution < -0.4 is 0 Å². The van der Waals surface area contributed by atoms with Crippen LogP contribution in [0.5, 0.6) is 0 Å². The first-order valence-corrected chi connectivity index (χ1v) is 8.12. The fraction of sp³-hybridized carbons (Fsp3) is 0.273. The van der Waals surface area contributed by atoms with Gasteiger partial charge in [0.15, 0.2) is 15.8 Å². The first-order valence-electron chi connectivity index (χ1n) is 6.08. The molecule has 0 unspecified atom stereocenters. The molecule has 0 N–H and O–H groups in total. The first-order chi connectivity index (χ1) is 10.5. The number of thioether (sulfide) groups is 1. The highest BCUT2D eigenvalue weighted by molar-refractivity contribution is 7.99. The van der Waals surface area contributed by atoms with Gasteiger partial charge < -0.3 is 19.2 Å². The van der Waals surface area contributed by atoms with Crippen molar-refractivity contribution in [2.75, 3.05) is 6.26 Å². The molecule has 0 bridgehead atoms. The molecule has 0 saturated heterocycles. The van der Waals surface area contributed by atoms with Crippen LogP contribution in [-0.2, 0) is 14.1 Å². The van der Waals surface area contributed by atoms with E-state index in [-0.39, 0.29) is 5.82 Å². The molecule has 9 nitrogen and oxygen atoms in total. The Morgan fingerprint density at radius 3 is 2.59 bits per heavy atom.